The van der Waals surface area contributed by atoms with Gasteiger partial charge < -0.3 is 4.74 Å². The second kappa shape index (κ2) is 5.66. The van der Waals surface area contributed by atoms with E-state index in [4.69, 9.17) is 4.74 Å². The first-order valence-electron chi connectivity index (χ1n) is 6.47. The van der Waals surface area contributed by atoms with E-state index in [1.54, 1.807) is 24.4 Å². The number of pyridine rings is 1. The molecular formula is C17H12BrNO2. The van der Waals surface area contributed by atoms with Gasteiger partial charge in [-0.05, 0) is 53.2 Å². The summed E-state index contributed by atoms with van der Waals surface area (Å²) < 4.78 is 6.63. The lowest BCUT2D eigenvalue weighted by molar-refractivity contribution is 0.101. The van der Waals surface area contributed by atoms with Crippen molar-refractivity contribution in [3.8, 4) is 11.5 Å². The molecule has 0 N–H and O–H groups in total. The number of benzene rings is 2. The number of carbonyl (C=O) groups excluding carboxylic acids is 1. The van der Waals surface area contributed by atoms with Gasteiger partial charge in [0.05, 0.1) is 0 Å². The number of nitrogens with zero attached hydrogens (tertiary/aromatic N) is 1. The normalized spacial score (nSPS) is 10.6. The van der Waals surface area contributed by atoms with Gasteiger partial charge >= 0.3 is 0 Å². The maximum atomic E-state index is 11.4. The van der Waals surface area contributed by atoms with E-state index in [1.807, 2.05) is 30.3 Å². The van der Waals surface area contributed by atoms with Crippen LogP contribution in [0.4, 0.5) is 0 Å². The molecule has 2 aromatic carbocycles. The molecule has 0 unspecified atom stereocenters. The maximum absolute atomic E-state index is 11.4. The fraction of sp³-hybridized carbons (Fsp3) is 0.0588. The molecule has 1 heterocycles. The van der Waals surface area contributed by atoms with Crippen LogP contribution in [0.25, 0.3) is 10.9 Å². The highest BCUT2D eigenvalue weighted by atomic mass is 79.9. The third-order valence-electron chi connectivity index (χ3n) is 3.14. The Kier molecular flexibility index (Phi) is 3.71. The van der Waals surface area contributed by atoms with Crippen molar-refractivity contribution in [2.45, 2.75) is 6.92 Å². The Bertz CT molecular complexity index is 825. The van der Waals surface area contributed by atoms with Crippen molar-refractivity contribution in [1.82, 2.24) is 4.98 Å². The molecule has 0 spiro atoms. The number of Topliss-reactive ketones (excluding diaryl/α,β-unsaturated/α-hetero) is 1. The molecule has 3 aromatic rings. The standard InChI is InChI=1S/C17H12BrNO2/c1-11(20)14-8-7-13(10-15(14)18)21-16-6-2-4-12-5-3-9-19-17(12)16/h2-10H,1H3. The van der Waals surface area contributed by atoms with Crippen molar-refractivity contribution in [3.63, 3.8) is 0 Å². The lowest BCUT2D eigenvalue weighted by Gasteiger charge is -2.09. The second-order valence-corrected chi connectivity index (χ2v) is 5.49. The van der Waals surface area contributed by atoms with Gasteiger partial charge in [-0.2, -0.15) is 0 Å². The molecule has 104 valence electrons. The van der Waals surface area contributed by atoms with Gasteiger partial charge in [-0.1, -0.05) is 18.2 Å². The van der Waals surface area contributed by atoms with E-state index < -0.39 is 0 Å². The molecule has 1 aromatic heterocycles. The minimum atomic E-state index is 0.0141. The topological polar surface area (TPSA) is 39.2 Å². The van der Waals surface area contributed by atoms with Gasteiger partial charge in [0.25, 0.3) is 0 Å². The van der Waals surface area contributed by atoms with Crippen LogP contribution in [0.3, 0.4) is 0 Å². The van der Waals surface area contributed by atoms with Crippen LogP contribution < -0.4 is 4.74 Å². The number of ketones is 1. The lowest BCUT2D eigenvalue weighted by atomic mass is 10.1. The summed E-state index contributed by atoms with van der Waals surface area (Å²) in [7, 11) is 0. The van der Waals surface area contributed by atoms with Crippen LogP contribution in [0.2, 0.25) is 0 Å². The van der Waals surface area contributed by atoms with Gasteiger partial charge in [-0.15, -0.1) is 0 Å². The Morgan fingerprint density at radius 1 is 1.14 bits per heavy atom. The fourth-order valence-corrected chi connectivity index (χ4v) is 2.77. The molecule has 0 atom stereocenters. The molecule has 21 heavy (non-hydrogen) atoms. The first kappa shape index (κ1) is 13.8. The Hall–Kier alpha value is -2.20. The van der Waals surface area contributed by atoms with E-state index in [2.05, 4.69) is 20.9 Å². The van der Waals surface area contributed by atoms with Crippen LogP contribution >= 0.6 is 15.9 Å². The maximum Gasteiger partial charge on any atom is 0.160 e. The van der Waals surface area contributed by atoms with Crippen molar-refractivity contribution >= 4 is 32.6 Å². The molecular weight excluding hydrogens is 330 g/mol. The van der Waals surface area contributed by atoms with Crippen molar-refractivity contribution in [2.24, 2.45) is 0 Å². The molecule has 0 saturated heterocycles. The van der Waals surface area contributed by atoms with Crippen LogP contribution in [0.15, 0.2) is 59.2 Å². The Morgan fingerprint density at radius 2 is 1.95 bits per heavy atom. The molecule has 0 saturated carbocycles. The quantitative estimate of drug-likeness (QED) is 0.630. The van der Waals surface area contributed by atoms with Crippen molar-refractivity contribution in [3.05, 3.63) is 64.8 Å². The summed E-state index contributed by atoms with van der Waals surface area (Å²) in [6.07, 6.45) is 1.74. The summed E-state index contributed by atoms with van der Waals surface area (Å²) in [4.78, 5) is 15.8. The van der Waals surface area contributed by atoms with Crippen molar-refractivity contribution < 1.29 is 9.53 Å². The van der Waals surface area contributed by atoms with Gasteiger partial charge in [0.1, 0.15) is 11.3 Å². The van der Waals surface area contributed by atoms with Gasteiger partial charge in [-0.25, -0.2) is 0 Å². The predicted octanol–water partition coefficient (Wildman–Crippen LogP) is 4.99. The van der Waals surface area contributed by atoms with Crippen LogP contribution in [0.5, 0.6) is 11.5 Å². The highest BCUT2D eigenvalue weighted by Gasteiger charge is 2.08. The minimum Gasteiger partial charge on any atom is -0.455 e. The summed E-state index contributed by atoms with van der Waals surface area (Å²) in [5.41, 5.74) is 1.45. The largest absolute Gasteiger partial charge is 0.455 e. The van der Waals surface area contributed by atoms with Gasteiger partial charge in [0.15, 0.2) is 11.5 Å². The van der Waals surface area contributed by atoms with E-state index in [9.17, 15) is 4.79 Å². The van der Waals surface area contributed by atoms with E-state index in [0.29, 0.717) is 17.1 Å². The summed E-state index contributed by atoms with van der Waals surface area (Å²) >= 11 is 3.39. The van der Waals surface area contributed by atoms with E-state index >= 15 is 0 Å². The van der Waals surface area contributed by atoms with E-state index in [-0.39, 0.29) is 5.78 Å². The Labute approximate surface area is 130 Å². The third kappa shape index (κ3) is 2.81. The molecule has 0 aliphatic carbocycles. The molecule has 0 amide bonds. The zero-order chi connectivity index (χ0) is 14.8. The fourth-order valence-electron chi connectivity index (χ4n) is 2.13. The molecule has 3 rings (SSSR count). The number of aromatic nitrogens is 1. The van der Waals surface area contributed by atoms with Crippen LogP contribution in [0, 0.1) is 0 Å². The van der Waals surface area contributed by atoms with Crippen LogP contribution in [-0.4, -0.2) is 10.8 Å². The van der Waals surface area contributed by atoms with Crippen molar-refractivity contribution in [2.75, 3.05) is 0 Å². The number of ether oxygens (including phenoxy) is 1. The first-order valence-corrected chi connectivity index (χ1v) is 7.26. The molecule has 0 bridgehead atoms. The highest BCUT2D eigenvalue weighted by Crippen LogP contribution is 2.31. The van der Waals surface area contributed by atoms with Gasteiger partial charge in [-0.3, -0.25) is 9.78 Å². The number of hydrogen-bond donors (Lipinski definition) is 0. The molecule has 3 nitrogen and oxygen atoms in total. The molecule has 0 aliphatic rings. The van der Waals surface area contributed by atoms with E-state index in [0.717, 1.165) is 15.4 Å². The summed E-state index contributed by atoms with van der Waals surface area (Å²) in [5, 5.41) is 1.02. The molecule has 0 radical (unpaired) electrons. The minimum absolute atomic E-state index is 0.0141. The van der Waals surface area contributed by atoms with Crippen molar-refractivity contribution in [1.29, 1.82) is 0 Å². The number of para-hydroxylation sites is 1. The second-order valence-electron chi connectivity index (χ2n) is 4.63. The highest BCUT2D eigenvalue weighted by molar-refractivity contribution is 9.10. The monoisotopic (exact) mass is 341 g/mol. The zero-order valence-electron chi connectivity index (χ0n) is 11.3. The molecule has 0 fully saturated rings. The SMILES string of the molecule is CC(=O)c1ccc(Oc2cccc3cccnc23)cc1Br. The number of carbonyl (C=O) groups is 1. The number of rotatable bonds is 3. The summed E-state index contributed by atoms with van der Waals surface area (Å²) in [6.45, 7) is 1.54. The Balaban J connectivity index is 1.99. The third-order valence-corrected chi connectivity index (χ3v) is 3.80. The molecule has 0 aliphatic heterocycles. The first-order chi connectivity index (χ1) is 10.1. The van der Waals surface area contributed by atoms with E-state index in [1.165, 1.54) is 6.92 Å². The average molecular weight is 342 g/mol. The smallest absolute Gasteiger partial charge is 0.160 e. The predicted molar refractivity (Wildman–Crippen MR) is 86.0 cm³/mol. The van der Waals surface area contributed by atoms with Gasteiger partial charge in [0, 0.05) is 21.6 Å². The van der Waals surface area contributed by atoms with Gasteiger partial charge in [0.2, 0.25) is 0 Å². The number of fused-ring (bicyclic) bond motifs is 1. The Morgan fingerprint density at radius 3 is 2.71 bits per heavy atom. The van der Waals surface area contributed by atoms with Crippen LogP contribution in [0.1, 0.15) is 17.3 Å². The van der Waals surface area contributed by atoms with Crippen LogP contribution in [-0.2, 0) is 0 Å². The number of halogens is 1. The average Bonchev–Trinajstić information content (AvgIpc) is 2.47. The lowest BCUT2D eigenvalue weighted by Crippen LogP contribution is -1.94. The summed E-state index contributed by atoms with van der Waals surface area (Å²) in [5.74, 6) is 1.36. The summed E-state index contributed by atoms with van der Waals surface area (Å²) in [6, 6.07) is 15.0. The number of hydrogen-bond acceptors (Lipinski definition) is 3. The zero-order valence-corrected chi connectivity index (χ0v) is 12.9. The molecule has 4 heteroatoms.